The summed E-state index contributed by atoms with van der Waals surface area (Å²) in [5.41, 5.74) is 0.900. The quantitative estimate of drug-likeness (QED) is 0.507. The Kier molecular flexibility index (Phi) is 0.920. The predicted octanol–water partition coefficient (Wildman–Crippen LogP) is 1.57. The van der Waals surface area contributed by atoms with E-state index in [1.807, 2.05) is 31.2 Å². The fourth-order valence-corrected chi connectivity index (χ4v) is 0.849. The molecule has 2 heteroatoms. The number of benzene rings is 1. The summed E-state index contributed by atoms with van der Waals surface area (Å²) in [6.45, 7) is 1.83. The van der Waals surface area contributed by atoms with Crippen LogP contribution in [0.15, 0.2) is 28.7 Å². The van der Waals surface area contributed by atoms with Crippen molar-refractivity contribution in [2.75, 3.05) is 0 Å². The molecule has 0 aliphatic carbocycles. The minimum absolute atomic E-state index is 0.900. The Morgan fingerprint density at radius 3 is 3.11 bits per heavy atom. The zero-order valence-corrected chi connectivity index (χ0v) is 4.79. The van der Waals surface area contributed by atoms with E-state index in [4.69, 9.17) is 4.42 Å². The number of fused-ring (bicyclic) bond motifs is 1. The molecule has 0 saturated heterocycles. The van der Waals surface area contributed by atoms with Gasteiger partial charge in [0.15, 0.2) is 0 Å². The zero-order valence-electron chi connectivity index (χ0n) is 4.79. The average Bonchev–Trinajstić information content (AvgIpc) is 2.33. The summed E-state index contributed by atoms with van der Waals surface area (Å²) in [6, 6.07) is 7.84. The zero-order chi connectivity index (χ0) is 6.10. The summed E-state index contributed by atoms with van der Waals surface area (Å²) < 4.78 is 4.99. The first-order valence-electron chi connectivity index (χ1n) is 2.81. The molecule has 1 radical (unpaired) electrons. The number of para-hydroxylation sites is 1. The van der Waals surface area contributed by atoms with Gasteiger partial charge in [-0.25, -0.2) is 0 Å². The summed E-state index contributed by atoms with van der Waals surface area (Å²) in [5.74, 6) is 0. The van der Waals surface area contributed by atoms with E-state index in [1.54, 1.807) is 0 Å². The summed E-state index contributed by atoms with van der Waals surface area (Å²) in [7, 11) is 0. The van der Waals surface area contributed by atoms with Crippen molar-refractivity contribution in [3.05, 3.63) is 30.4 Å². The van der Waals surface area contributed by atoms with Gasteiger partial charge in [-0.3, -0.25) is 0 Å². The van der Waals surface area contributed by atoms with Gasteiger partial charge in [0.25, 0.3) is 0 Å². The van der Waals surface area contributed by atoms with Crippen molar-refractivity contribution < 1.29 is 4.42 Å². The van der Waals surface area contributed by atoms with Crippen LogP contribution in [0.25, 0.3) is 10.9 Å². The molecule has 1 heterocycles. The van der Waals surface area contributed by atoms with Gasteiger partial charge in [0.05, 0.1) is 0 Å². The normalized spacial score (nSPS) is 9.78. The van der Waals surface area contributed by atoms with Crippen molar-refractivity contribution >= 4 is 17.8 Å². The van der Waals surface area contributed by atoms with E-state index in [1.165, 1.54) is 0 Å². The Balaban J connectivity index is 2.95. The molecule has 0 spiro atoms. The van der Waals surface area contributed by atoms with Gasteiger partial charge in [0, 0.05) is 0 Å². The maximum absolute atomic E-state index is 4.99. The molecule has 1 nitrogen and oxygen atoms in total. The van der Waals surface area contributed by atoms with Crippen LogP contribution in [0.5, 0.6) is 0 Å². The van der Waals surface area contributed by atoms with E-state index >= 15 is 0 Å². The Labute approximate surface area is 53.5 Å². The van der Waals surface area contributed by atoms with Crippen molar-refractivity contribution in [1.82, 2.24) is 0 Å². The molecule has 0 saturated carbocycles. The van der Waals surface area contributed by atoms with Gasteiger partial charge < -0.3 is 0 Å². The number of hydrogen-bond acceptors (Lipinski definition) is 1. The number of hydrogen-bond donors (Lipinski definition) is 0. The van der Waals surface area contributed by atoms with Crippen molar-refractivity contribution in [1.29, 1.82) is 0 Å². The van der Waals surface area contributed by atoms with Crippen LogP contribution in [-0.2, 0) is 0 Å². The summed E-state index contributed by atoms with van der Waals surface area (Å²) in [6.07, 6.45) is 2.66. The van der Waals surface area contributed by atoms with Crippen LogP contribution in [0.1, 0.15) is 0 Å². The fraction of sp³-hybridized carbons (Fsp3) is 0. The molecule has 9 heavy (non-hydrogen) atoms. The average molecular weight is 115 g/mol. The first-order chi connectivity index (χ1) is 4.47. The molecule has 2 aromatic rings. The van der Waals surface area contributed by atoms with E-state index in [2.05, 4.69) is 6.16 Å². The van der Waals surface area contributed by atoms with E-state index in [0.29, 0.717) is 0 Å². The van der Waals surface area contributed by atoms with E-state index in [-0.39, 0.29) is 0 Å². The molecule has 0 unspecified atom stereocenters. The van der Waals surface area contributed by atoms with Crippen molar-refractivity contribution in [3.8, 4) is 0 Å². The minimum atomic E-state index is 0.900. The number of rotatable bonds is 0. The fourth-order valence-electron chi connectivity index (χ4n) is 0.849. The molecule has 1 aromatic heterocycles. The molecule has 2 rings (SSSR count). The van der Waals surface area contributed by atoms with Crippen LogP contribution < -0.4 is 0 Å². The first kappa shape index (κ1) is 4.80. The van der Waals surface area contributed by atoms with Gasteiger partial charge >= 0.3 is 52.6 Å². The third-order valence-corrected chi connectivity index (χ3v) is 1.30. The topological polar surface area (TPSA) is 13.1 Å². The second-order valence-electron chi connectivity index (χ2n) is 1.90. The Bertz CT molecular complexity index is 283. The van der Waals surface area contributed by atoms with Crippen LogP contribution in [0.2, 0.25) is 0 Å². The Hall–Kier alpha value is -1.05. The summed E-state index contributed by atoms with van der Waals surface area (Å²) in [5, 5.41) is 1.11. The van der Waals surface area contributed by atoms with E-state index in [0.717, 1.165) is 10.9 Å². The Morgan fingerprint density at radius 2 is 2.22 bits per heavy atom. The summed E-state index contributed by atoms with van der Waals surface area (Å²) >= 11 is 0. The van der Waals surface area contributed by atoms with Crippen LogP contribution >= 0.6 is 0 Å². The predicted molar refractivity (Wildman–Crippen MR) is 36.4 cm³/mol. The van der Waals surface area contributed by atoms with Crippen molar-refractivity contribution in [3.63, 3.8) is 0 Å². The molecule has 0 N–H and O–H groups in total. The molecule has 0 aliphatic heterocycles. The third kappa shape index (κ3) is 0.671. The van der Waals surface area contributed by atoms with Gasteiger partial charge in [0.2, 0.25) is 0 Å². The molecule has 0 fully saturated rings. The molecular formula is C7H4BO. The van der Waals surface area contributed by atoms with Gasteiger partial charge in [-0.2, -0.15) is 0 Å². The van der Waals surface area contributed by atoms with Gasteiger partial charge in [-0.1, -0.05) is 0 Å². The molecule has 41 valence electrons. The van der Waals surface area contributed by atoms with Crippen molar-refractivity contribution in [2.24, 2.45) is 0 Å². The molecule has 1 aromatic carbocycles. The molecule has 0 aliphatic rings. The third-order valence-electron chi connectivity index (χ3n) is 1.30. The molecular weight excluding hydrogens is 111 g/mol. The SMILES string of the molecule is b1[c]oc2ccccc12. The van der Waals surface area contributed by atoms with Crippen LogP contribution in [0.3, 0.4) is 0 Å². The van der Waals surface area contributed by atoms with Gasteiger partial charge in [-0.05, 0) is 0 Å². The second-order valence-corrected chi connectivity index (χ2v) is 1.90. The van der Waals surface area contributed by atoms with Crippen molar-refractivity contribution in [2.45, 2.75) is 0 Å². The molecule has 0 bridgehead atoms. The second kappa shape index (κ2) is 1.73. The summed E-state index contributed by atoms with van der Waals surface area (Å²) in [4.78, 5) is 0. The first-order valence-corrected chi connectivity index (χ1v) is 2.81. The van der Waals surface area contributed by atoms with E-state index in [9.17, 15) is 0 Å². The van der Waals surface area contributed by atoms with Crippen LogP contribution in [-0.4, -0.2) is 6.91 Å². The van der Waals surface area contributed by atoms with Crippen LogP contribution in [0.4, 0.5) is 0 Å². The van der Waals surface area contributed by atoms with Crippen LogP contribution in [0, 0.1) is 6.16 Å². The molecule has 0 atom stereocenters. The standard InChI is InChI=1S/C7H4BO/c1-2-4-7-6(3-1)8-5-9-7/h1-4H. The van der Waals surface area contributed by atoms with E-state index < -0.39 is 0 Å². The van der Waals surface area contributed by atoms with Gasteiger partial charge in [-0.15, -0.1) is 0 Å². The van der Waals surface area contributed by atoms with Gasteiger partial charge in [0.1, 0.15) is 0 Å². The molecule has 0 amide bonds. The monoisotopic (exact) mass is 115 g/mol. The Morgan fingerprint density at radius 1 is 1.33 bits per heavy atom. The maximum atomic E-state index is 4.99.